The maximum atomic E-state index is 13.9. The highest BCUT2D eigenvalue weighted by Gasteiger charge is 2.45. The Bertz CT molecular complexity index is 1480. The maximum absolute atomic E-state index is 13.9. The maximum Gasteiger partial charge on any atom is 0.320 e. The van der Waals surface area contributed by atoms with Crippen molar-refractivity contribution in [3.8, 4) is 23.0 Å². The number of rotatable bonds is 4. The second-order valence-electron chi connectivity index (χ2n) is 13.0. The van der Waals surface area contributed by atoms with E-state index in [2.05, 4.69) is 0 Å². The number of β-amino-alcohol motifs (C(OH)–C–C–N with tert-alkyl or cyclic N) is 2. The highest BCUT2D eigenvalue weighted by atomic mass is 16.7. The molecule has 15 heteroatoms. The Morgan fingerprint density at radius 2 is 1.04 bits per heavy atom. The van der Waals surface area contributed by atoms with Crippen LogP contribution in [0.15, 0.2) is 36.4 Å². The van der Waals surface area contributed by atoms with Gasteiger partial charge in [0, 0.05) is 37.3 Å². The lowest BCUT2D eigenvalue weighted by Crippen LogP contribution is -2.60. The van der Waals surface area contributed by atoms with Gasteiger partial charge in [0.25, 0.3) is 11.8 Å². The van der Waals surface area contributed by atoms with Crippen molar-refractivity contribution in [1.82, 2.24) is 19.6 Å². The van der Waals surface area contributed by atoms with Gasteiger partial charge in [-0.15, -0.1) is 0 Å². The molecule has 6 unspecified atom stereocenters. The summed E-state index contributed by atoms with van der Waals surface area (Å²) in [6, 6.07) is 9.00. The average Bonchev–Trinajstić information content (AvgIpc) is 3.93. The number of ether oxygens (including phenoxy) is 6. The number of hydrogen-bond acceptors (Lipinski definition) is 11. The van der Waals surface area contributed by atoms with Crippen LogP contribution in [0.4, 0.5) is 4.79 Å². The van der Waals surface area contributed by atoms with Crippen LogP contribution < -0.4 is 18.9 Å². The standard InChI is InChI=1S/C33H38N4O11/c38-21-11-23(36(13-21)31(40)19-1-3-25-27(9-19)47-17-45-25)29-15-34(5-7-43-29)33(42)35-6-8-44-30(16-35)24-12-22(39)14-37(24)32(41)20-2-4-26-28(10-20)48-18-46-26/h1-4,9-10,21-24,29-30,38-39H,5-8,11-18H2. The first-order valence-electron chi connectivity index (χ1n) is 16.4. The highest BCUT2D eigenvalue weighted by Crippen LogP contribution is 2.36. The van der Waals surface area contributed by atoms with Gasteiger partial charge in [0.05, 0.1) is 62.8 Å². The highest BCUT2D eigenvalue weighted by molar-refractivity contribution is 5.96. The van der Waals surface area contributed by atoms with Gasteiger partial charge >= 0.3 is 6.03 Å². The number of aliphatic hydroxyl groups excluding tert-OH is 2. The molecule has 0 spiro atoms. The second-order valence-corrected chi connectivity index (χ2v) is 13.0. The molecule has 0 aliphatic carbocycles. The third-order valence-corrected chi connectivity index (χ3v) is 9.99. The summed E-state index contributed by atoms with van der Waals surface area (Å²) in [5.74, 6) is 1.65. The van der Waals surface area contributed by atoms with Gasteiger partial charge in [-0.05, 0) is 49.2 Å². The topological polar surface area (TPSA) is 160 Å². The molecular formula is C33H38N4O11. The number of morpholine rings is 2. The summed E-state index contributed by atoms with van der Waals surface area (Å²) in [5, 5.41) is 21.2. The monoisotopic (exact) mass is 666 g/mol. The summed E-state index contributed by atoms with van der Waals surface area (Å²) in [6.07, 6.45) is -1.75. The first-order valence-corrected chi connectivity index (χ1v) is 16.4. The Morgan fingerprint density at radius 3 is 1.50 bits per heavy atom. The number of aliphatic hydroxyl groups is 2. The molecule has 6 aliphatic heterocycles. The number of amides is 4. The van der Waals surface area contributed by atoms with E-state index < -0.39 is 36.5 Å². The van der Waals surface area contributed by atoms with Gasteiger partial charge in [0.15, 0.2) is 23.0 Å². The van der Waals surface area contributed by atoms with Crippen molar-refractivity contribution in [2.24, 2.45) is 0 Å². The Hall–Kier alpha value is -4.31. The van der Waals surface area contributed by atoms with Crippen molar-refractivity contribution in [2.75, 3.05) is 66.1 Å². The molecule has 48 heavy (non-hydrogen) atoms. The van der Waals surface area contributed by atoms with Crippen molar-refractivity contribution in [3.63, 3.8) is 0 Å². The average molecular weight is 667 g/mol. The molecule has 256 valence electrons. The number of likely N-dealkylation sites (tertiary alicyclic amines) is 2. The Kier molecular flexibility index (Phi) is 8.14. The van der Waals surface area contributed by atoms with Gasteiger partial charge in [-0.3, -0.25) is 9.59 Å². The number of carbonyl (C=O) groups excluding carboxylic acids is 3. The van der Waals surface area contributed by atoms with Crippen LogP contribution in [-0.2, 0) is 9.47 Å². The SMILES string of the molecule is O=C(N1CCOC(C2CC(O)CN2C(=O)c2ccc3c(c2)OCO3)C1)N1CCOC(C2CC(O)CN2C(=O)c2ccc3c(c2)OCO3)C1. The lowest BCUT2D eigenvalue weighted by Gasteiger charge is -2.43. The van der Waals surface area contributed by atoms with E-state index >= 15 is 0 Å². The van der Waals surface area contributed by atoms with E-state index in [9.17, 15) is 24.6 Å². The van der Waals surface area contributed by atoms with Crippen molar-refractivity contribution in [2.45, 2.75) is 49.3 Å². The van der Waals surface area contributed by atoms with E-state index in [0.29, 0.717) is 60.1 Å². The fourth-order valence-electron chi connectivity index (χ4n) is 7.61. The van der Waals surface area contributed by atoms with Crippen LogP contribution >= 0.6 is 0 Å². The van der Waals surface area contributed by atoms with Gasteiger partial charge in [-0.25, -0.2) is 4.79 Å². The quantitative estimate of drug-likeness (QED) is 0.468. The smallest absolute Gasteiger partial charge is 0.320 e. The first kappa shape index (κ1) is 31.0. The summed E-state index contributed by atoms with van der Waals surface area (Å²) in [7, 11) is 0. The summed E-state index contributed by atoms with van der Waals surface area (Å²) in [6.45, 7) is 2.34. The third kappa shape index (κ3) is 5.74. The van der Waals surface area contributed by atoms with Crippen LogP contribution in [0.3, 0.4) is 0 Å². The van der Waals surface area contributed by atoms with Crippen LogP contribution in [0.1, 0.15) is 33.6 Å². The van der Waals surface area contributed by atoms with Gasteiger partial charge in [-0.2, -0.15) is 0 Å². The molecule has 4 amide bonds. The molecule has 0 aromatic heterocycles. The number of fused-ring (bicyclic) bond motifs is 2. The number of hydrogen-bond donors (Lipinski definition) is 2. The van der Waals surface area contributed by atoms with Crippen LogP contribution in [0, 0.1) is 0 Å². The molecule has 6 atom stereocenters. The Morgan fingerprint density at radius 1 is 0.604 bits per heavy atom. The largest absolute Gasteiger partial charge is 0.454 e. The minimum Gasteiger partial charge on any atom is -0.454 e. The van der Waals surface area contributed by atoms with E-state index in [1.807, 2.05) is 0 Å². The fourth-order valence-corrected chi connectivity index (χ4v) is 7.61. The molecule has 8 rings (SSSR count). The number of benzene rings is 2. The minimum absolute atomic E-state index is 0.0991. The molecule has 4 saturated heterocycles. The number of nitrogens with zero attached hydrogens (tertiary/aromatic N) is 4. The zero-order chi connectivity index (χ0) is 32.9. The Balaban J connectivity index is 0.930. The van der Waals surface area contributed by atoms with Crippen LogP contribution in [0.2, 0.25) is 0 Å². The van der Waals surface area contributed by atoms with Gasteiger partial charge in [0.2, 0.25) is 13.6 Å². The summed E-state index contributed by atoms with van der Waals surface area (Å²) < 4.78 is 33.9. The van der Waals surface area contributed by atoms with Gasteiger partial charge in [0.1, 0.15) is 0 Å². The molecule has 0 saturated carbocycles. The van der Waals surface area contributed by atoms with E-state index in [1.165, 1.54) is 0 Å². The first-order chi connectivity index (χ1) is 23.3. The molecule has 0 radical (unpaired) electrons. The zero-order valence-corrected chi connectivity index (χ0v) is 26.3. The second kappa shape index (κ2) is 12.6. The zero-order valence-electron chi connectivity index (χ0n) is 26.3. The van der Waals surface area contributed by atoms with Crippen LogP contribution in [0.25, 0.3) is 0 Å². The number of carbonyl (C=O) groups is 3. The van der Waals surface area contributed by atoms with Crippen LogP contribution in [-0.4, -0.2) is 150 Å². The van der Waals surface area contributed by atoms with Gasteiger partial charge in [-0.1, -0.05) is 0 Å². The molecule has 2 aromatic carbocycles. The van der Waals surface area contributed by atoms with Crippen molar-refractivity contribution in [3.05, 3.63) is 47.5 Å². The molecule has 6 aliphatic rings. The van der Waals surface area contributed by atoms with E-state index in [-0.39, 0.29) is 70.8 Å². The molecule has 0 bridgehead atoms. The lowest BCUT2D eigenvalue weighted by molar-refractivity contribution is -0.0685. The summed E-state index contributed by atoms with van der Waals surface area (Å²) in [5.41, 5.74) is 0.842. The predicted molar refractivity (Wildman–Crippen MR) is 164 cm³/mol. The summed E-state index contributed by atoms with van der Waals surface area (Å²) in [4.78, 5) is 47.9. The fraction of sp³-hybridized carbons (Fsp3) is 0.545. The lowest BCUT2D eigenvalue weighted by atomic mass is 10.0. The van der Waals surface area contributed by atoms with E-state index in [4.69, 9.17) is 28.4 Å². The van der Waals surface area contributed by atoms with Crippen molar-refractivity contribution >= 4 is 17.8 Å². The van der Waals surface area contributed by atoms with E-state index in [0.717, 1.165) is 0 Å². The van der Waals surface area contributed by atoms with Crippen molar-refractivity contribution < 1.29 is 53.0 Å². The molecule has 2 aromatic rings. The molecular weight excluding hydrogens is 628 g/mol. The van der Waals surface area contributed by atoms with Gasteiger partial charge < -0.3 is 58.2 Å². The molecule has 2 N–H and O–H groups in total. The minimum atomic E-state index is -0.715. The molecule has 6 heterocycles. The van der Waals surface area contributed by atoms with Crippen LogP contribution in [0.5, 0.6) is 23.0 Å². The predicted octanol–water partition coefficient (Wildman–Crippen LogP) is 0.517. The van der Waals surface area contributed by atoms with Crippen molar-refractivity contribution in [1.29, 1.82) is 0 Å². The number of urea groups is 1. The van der Waals surface area contributed by atoms with E-state index in [1.54, 1.807) is 56.0 Å². The molecule has 4 fully saturated rings. The Labute approximate surface area is 276 Å². The normalized spacial score (nSPS) is 29.5. The summed E-state index contributed by atoms with van der Waals surface area (Å²) >= 11 is 0. The molecule has 15 nitrogen and oxygen atoms in total. The third-order valence-electron chi connectivity index (χ3n) is 9.99.